The van der Waals surface area contributed by atoms with E-state index in [0.29, 0.717) is 96.0 Å². The Kier molecular flexibility index (Phi) is 8.66. The first-order valence-electron chi connectivity index (χ1n) is 20.7. The number of anilines is 3. The summed E-state index contributed by atoms with van der Waals surface area (Å²) < 4.78 is 45.7. The second-order valence-corrected chi connectivity index (χ2v) is 16.9. The van der Waals surface area contributed by atoms with Gasteiger partial charge in [-0.05, 0) is 62.9 Å². The molecule has 61 heavy (non-hydrogen) atoms. The Morgan fingerprint density at radius 2 is 1.85 bits per heavy atom. The number of methoxy groups -OCH3 is 1. The smallest absolute Gasteiger partial charge is 0.260 e. The summed E-state index contributed by atoms with van der Waals surface area (Å²) >= 11 is 0. The number of carbonyl (C=O) groups excluding carboxylic acids is 2. The number of rotatable bonds is 2. The Balaban J connectivity index is 1.06. The van der Waals surface area contributed by atoms with E-state index in [0.717, 1.165) is 24.8 Å². The van der Waals surface area contributed by atoms with Crippen molar-refractivity contribution < 1.29 is 27.8 Å². The van der Waals surface area contributed by atoms with Gasteiger partial charge in [0.2, 0.25) is 11.9 Å². The molecule has 18 heteroatoms. The van der Waals surface area contributed by atoms with Crippen LogP contribution in [-0.2, 0) is 20.9 Å². The molecule has 3 fully saturated rings. The average molecular weight is 831 g/mol. The lowest BCUT2D eigenvalue weighted by molar-refractivity contribution is -0.133. The predicted molar refractivity (Wildman–Crippen MR) is 222 cm³/mol. The zero-order valence-electron chi connectivity index (χ0n) is 34.0. The molecule has 4 atom stereocenters. The highest BCUT2D eigenvalue weighted by molar-refractivity contribution is 5.95. The SMILES string of the molecule is CO[C@H]1CN(C)C(=O)[C@@H]2C[C@@H](CN2c2nc3nc4c2cnn4-c2ccc(F)cc2OCC(=O)N2CCC4(CCCN34)C2)Nc2cccc(n2)-c2cc(F)cc3nc(C)n(c23)C1. The number of imidazole rings is 1. The minimum absolute atomic E-state index is 0.124. The predicted octanol–water partition coefficient (Wildman–Crippen LogP) is 4.32. The quantitative estimate of drug-likeness (QED) is 0.265. The van der Waals surface area contributed by atoms with E-state index in [2.05, 4.69) is 10.2 Å². The van der Waals surface area contributed by atoms with Gasteiger partial charge in [-0.1, -0.05) is 6.07 Å². The largest absolute Gasteiger partial charge is 0.481 e. The highest BCUT2D eigenvalue weighted by Crippen LogP contribution is 2.43. The van der Waals surface area contributed by atoms with Crippen molar-refractivity contribution in [3.05, 3.63) is 72.2 Å². The molecule has 3 saturated heterocycles. The van der Waals surface area contributed by atoms with Crippen LogP contribution in [0, 0.1) is 18.6 Å². The Bertz CT molecular complexity index is 2780. The molecule has 1 N–H and O–H groups in total. The third kappa shape index (κ3) is 6.12. The van der Waals surface area contributed by atoms with Crippen molar-refractivity contribution in [3.63, 3.8) is 0 Å². The number of hydrogen-bond donors (Lipinski definition) is 1. The van der Waals surface area contributed by atoms with Crippen molar-refractivity contribution in [3.8, 4) is 22.7 Å². The summed E-state index contributed by atoms with van der Waals surface area (Å²) in [7, 11) is 3.41. The van der Waals surface area contributed by atoms with Crippen LogP contribution in [0.1, 0.15) is 31.5 Å². The molecule has 9 heterocycles. The molecule has 5 aliphatic heterocycles. The summed E-state index contributed by atoms with van der Waals surface area (Å²) in [6.45, 7) is 4.34. The highest BCUT2D eigenvalue weighted by Gasteiger charge is 2.49. The molecule has 2 amide bonds. The van der Waals surface area contributed by atoms with Gasteiger partial charge in [-0.2, -0.15) is 15.1 Å². The minimum Gasteiger partial charge on any atom is -0.481 e. The lowest BCUT2D eigenvalue weighted by Gasteiger charge is -2.36. The molecule has 314 valence electrons. The molecular formula is C43H44F2N12O4. The van der Waals surface area contributed by atoms with E-state index in [1.807, 2.05) is 39.5 Å². The molecule has 6 aromatic rings. The van der Waals surface area contributed by atoms with E-state index in [-0.39, 0.29) is 42.3 Å². The van der Waals surface area contributed by atoms with E-state index in [4.69, 9.17) is 34.5 Å². The van der Waals surface area contributed by atoms with Crippen molar-refractivity contribution in [2.45, 2.75) is 62.9 Å². The van der Waals surface area contributed by atoms with Crippen LogP contribution in [0.2, 0.25) is 0 Å². The average Bonchev–Trinajstić information content (AvgIpc) is 4.10. The standard InChI is InChI=1S/C43H44F2N12O4/c1-24-47-32-15-26(45)14-29-31-6-4-7-36(49-31)48-27-17-34(41(59)52(2)20-28(60-3)21-54(24)38(29)32)55(19-27)39-30-18-46-57-33-9-8-25(44)16-35(33)61-22-37(58)53-13-11-43(23-53)10-5-12-56(43)42(50-39)51-40(30)57/h4,6-9,14-16,18,27-28,34H,5,10-13,17,19-23H2,1-3H3,(H,48,49)/t27-,28-,34-,43?/m0/s1. The molecule has 0 radical (unpaired) electrons. The van der Waals surface area contributed by atoms with Gasteiger partial charge >= 0.3 is 0 Å². The molecule has 2 aromatic carbocycles. The van der Waals surface area contributed by atoms with Crippen LogP contribution in [-0.4, -0.2) is 133 Å². The number of benzene rings is 2. The van der Waals surface area contributed by atoms with E-state index < -0.39 is 23.8 Å². The van der Waals surface area contributed by atoms with Gasteiger partial charge in [0.05, 0.1) is 46.5 Å². The number of nitrogens with zero attached hydrogens (tertiary/aromatic N) is 11. The highest BCUT2D eigenvalue weighted by atomic mass is 19.1. The second-order valence-electron chi connectivity index (χ2n) is 16.9. The molecule has 5 aliphatic rings. The first-order chi connectivity index (χ1) is 29.6. The van der Waals surface area contributed by atoms with E-state index in [9.17, 15) is 14.0 Å². The number of carbonyl (C=O) groups is 2. The van der Waals surface area contributed by atoms with Gasteiger partial charge in [-0.25, -0.2) is 23.4 Å². The van der Waals surface area contributed by atoms with Crippen molar-refractivity contribution >= 4 is 51.5 Å². The number of aryl methyl sites for hydroxylation is 1. The number of ether oxygens (including phenoxy) is 2. The normalized spacial score (nSPS) is 23.9. The molecule has 0 aliphatic carbocycles. The zero-order chi connectivity index (χ0) is 41.7. The van der Waals surface area contributed by atoms with E-state index in [1.165, 1.54) is 24.3 Å². The third-order valence-electron chi connectivity index (χ3n) is 13.2. The van der Waals surface area contributed by atoms with Gasteiger partial charge in [0.25, 0.3) is 5.91 Å². The maximum Gasteiger partial charge on any atom is 0.260 e. The van der Waals surface area contributed by atoms with E-state index in [1.54, 1.807) is 36.0 Å². The number of likely N-dealkylation sites (N-methyl/N-ethyl adjacent to an activating group) is 1. The Morgan fingerprint density at radius 3 is 2.72 bits per heavy atom. The van der Waals surface area contributed by atoms with Crippen LogP contribution in [0.25, 0.3) is 39.0 Å². The van der Waals surface area contributed by atoms with Crippen LogP contribution >= 0.6 is 0 Å². The summed E-state index contributed by atoms with van der Waals surface area (Å²) in [5, 5.41) is 8.98. The lowest BCUT2D eigenvalue weighted by Crippen LogP contribution is -2.49. The first-order valence-corrected chi connectivity index (χ1v) is 20.7. The van der Waals surface area contributed by atoms with Crippen LogP contribution in [0.4, 0.5) is 26.4 Å². The van der Waals surface area contributed by atoms with Gasteiger partial charge in [-0.3, -0.25) is 9.59 Å². The summed E-state index contributed by atoms with van der Waals surface area (Å²) in [4.78, 5) is 56.5. The fourth-order valence-electron chi connectivity index (χ4n) is 10.3. The maximum absolute atomic E-state index is 15.2. The topological polar surface area (TPSA) is 152 Å². The van der Waals surface area contributed by atoms with Crippen molar-refractivity contribution in [2.24, 2.45) is 0 Å². The van der Waals surface area contributed by atoms with Gasteiger partial charge in [-0.15, -0.1) is 0 Å². The number of halogens is 2. The summed E-state index contributed by atoms with van der Waals surface area (Å²) in [5.41, 5.74) is 2.91. The number of aromatic nitrogens is 7. The maximum atomic E-state index is 15.2. The zero-order valence-corrected chi connectivity index (χ0v) is 34.0. The van der Waals surface area contributed by atoms with Gasteiger partial charge in [0.15, 0.2) is 12.3 Å². The number of amides is 2. The Morgan fingerprint density at radius 1 is 0.967 bits per heavy atom. The van der Waals surface area contributed by atoms with Crippen molar-refractivity contribution in [2.75, 3.05) is 68.6 Å². The fourth-order valence-corrected chi connectivity index (χ4v) is 10.3. The van der Waals surface area contributed by atoms with Crippen LogP contribution in [0.5, 0.6) is 5.75 Å². The molecule has 1 unspecified atom stereocenters. The van der Waals surface area contributed by atoms with Crippen LogP contribution < -0.4 is 19.9 Å². The third-order valence-corrected chi connectivity index (χ3v) is 13.2. The Hall–Kier alpha value is -6.43. The molecule has 11 rings (SSSR count). The van der Waals surface area contributed by atoms with Crippen LogP contribution in [0.15, 0.2) is 54.7 Å². The fraction of sp³-hybridized carbons (Fsp3) is 0.419. The minimum atomic E-state index is -0.672. The molecule has 0 saturated carbocycles. The number of nitrogens with one attached hydrogen (secondary N) is 1. The monoisotopic (exact) mass is 830 g/mol. The van der Waals surface area contributed by atoms with Gasteiger partial charge in [0.1, 0.15) is 46.6 Å². The summed E-state index contributed by atoms with van der Waals surface area (Å²) in [5.74, 6) is 1.18. The molecule has 1 spiro atoms. The van der Waals surface area contributed by atoms with E-state index >= 15 is 4.39 Å². The molecule has 8 bridgehead atoms. The number of pyridine rings is 1. The van der Waals surface area contributed by atoms with Crippen molar-refractivity contribution in [1.29, 1.82) is 0 Å². The summed E-state index contributed by atoms with van der Waals surface area (Å²) in [6.07, 6.45) is 4.13. The molecular weight excluding hydrogens is 787 g/mol. The number of hydrogen-bond acceptors (Lipinski definition) is 12. The Labute approximate surface area is 349 Å². The summed E-state index contributed by atoms with van der Waals surface area (Å²) in [6, 6.07) is 11.7. The first kappa shape index (κ1) is 37.6. The number of fused-ring (bicyclic) bond motifs is 10. The molecule has 4 aromatic heterocycles. The van der Waals surface area contributed by atoms with Gasteiger partial charge < -0.3 is 39.0 Å². The second kappa shape index (κ2) is 14.1. The lowest BCUT2D eigenvalue weighted by atomic mass is 9.95. The van der Waals surface area contributed by atoms with Crippen LogP contribution in [0.3, 0.4) is 0 Å². The van der Waals surface area contributed by atoms with Crippen molar-refractivity contribution in [1.82, 2.24) is 44.1 Å². The van der Waals surface area contributed by atoms with Gasteiger partial charge in [0, 0.05) is 70.6 Å². The molecule has 16 nitrogen and oxygen atoms in total.